The summed E-state index contributed by atoms with van der Waals surface area (Å²) in [5, 5.41) is 12.7. The fourth-order valence-electron chi connectivity index (χ4n) is 2.50. The number of aryl methyl sites for hydroxylation is 1. The van der Waals surface area contributed by atoms with Crippen LogP contribution in [-0.2, 0) is 11.8 Å². The molecular weight excluding hydrogens is 246 g/mol. The zero-order chi connectivity index (χ0) is 13.8. The van der Waals surface area contributed by atoms with Crippen LogP contribution in [0.3, 0.4) is 0 Å². The van der Waals surface area contributed by atoms with Crippen molar-refractivity contribution in [3.63, 3.8) is 0 Å². The number of nitrogens with zero attached hydrogens (tertiary/aromatic N) is 3. The second kappa shape index (κ2) is 5.86. The van der Waals surface area contributed by atoms with E-state index in [9.17, 15) is 9.59 Å². The summed E-state index contributed by atoms with van der Waals surface area (Å²) in [5.41, 5.74) is 0.601. The van der Waals surface area contributed by atoms with Crippen molar-refractivity contribution in [3.05, 3.63) is 18.0 Å². The van der Waals surface area contributed by atoms with Gasteiger partial charge in [-0.05, 0) is 31.2 Å². The number of carboxylic acids is 1. The molecular formula is C13H19N3O3. The molecule has 0 spiro atoms. The maximum absolute atomic E-state index is 12.2. The van der Waals surface area contributed by atoms with E-state index < -0.39 is 5.97 Å². The lowest BCUT2D eigenvalue weighted by molar-refractivity contribution is -0.137. The van der Waals surface area contributed by atoms with Crippen molar-refractivity contribution in [2.24, 2.45) is 13.0 Å². The average molecular weight is 265 g/mol. The lowest BCUT2D eigenvalue weighted by Crippen LogP contribution is -2.39. The largest absolute Gasteiger partial charge is 0.481 e. The maximum atomic E-state index is 12.2. The van der Waals surface area contributed by atoms with Gasteiger partial charge in [-0.3, -0.25) is 14.3 Å². The van der Waals surface area contributed by atoms with Crippen LogP contribution in [-0.4, -0.2) is 44.8 Å². The Labute approximate surface area is 112 Å². The van der Waals surface area contributed by atoms with Gasteiger partial charge in [0.15, 0.2) is 0 Å². The van der Waals surface area contributed by atoms with E-state index in [1.165, 1.54) is 0 Å². The highest BCUT2D eigenvalue weighted by molar-refractivity contribution is 5.92. The number of aliphatic carboxylic acids is 1. The van der Waals surface area contributed by atoms with Crippen molar-refractivity contribution >= 4 is 11.9 Å². The Morgan fingerprint density at radius 2 is 2.11 bits per heavy atom. The zero-order valence-electron chi connectivity index (χ0n) is 11.1. The van der Waals surface area contributed by atoms with Crippen LogP contribution in [0.2, 0.25) is 0 Å². The first-order valence-electron chi connectivity index (χ1n) is 6.57. The van der Waals surface area contributed by atoms with Gasteiger partial charge in [-0.2, -0.15) is 5.10 Å². The third kappa shape index (κ3) is 3.33. The number of hydrogen-bond donors (Lipinski definition) is 1. The topological polar surface area (TPSA) is 75.4 Å². The molecule has 0 atom stereocenters. The molecule has 1 N–H and O–H groups in total. The lowest BCUT2D eigenvalue weighted by Gasteiger charge is -2.31. The average Bonchev–Trinajstić information content (AvgIpc) is 2.82. The SMILES string of the molecule is Cn1nccc1C(=O)N1CCC(CCC(=O)O)CC1. The minimum atomic E-state index is -0.742. The molecule has 104 valence electrons. The smallest absolute Gasteiger partial charge is 0.303 e. The Bertz CT molecular complexity index is 461. The second-order valence-corrected chi connectivity index (χ2v) is 5.01. The highest BCUT2D eigenvalue weighted by atomic mass is 16.4. The highest BCUT2D eigenvalue weighted by Crippen LogP contribution is 2.22. The van der Waals surface area contributed by atoms with Crippen LogP contribution in [0, 0.1) is 5.92 Å². The molecule has 0 unspecified atom stereocenters. The molecule has 0 saturated carbocycles. The summed E-state index contributed by atoms with van der Waals surface area (Å²) in [6.07, 6.45) is 4.32. The van der Waals surface area contributed by atoms with Crippen molar-refractivity contribution in [3.8, 4) is 0 Å². The Balaban J connectivity index is 1.85. The number of carbonyl (C=O) groups excluding carboxylic acids is 1. The normalized spacial score (nSPS) is 16.6. The van der Waals surface area contributed by atoms with Gasteiger partial charge >= 0.3 is 5.97 Å². The van der Waals surface area contributed by atoms with E-state index in [1.54, 1.807) is 24.0 Å². The molecule has 0 radical (unpaired) electrons. The molecule has 1 aliphatic heterocycles. The third-order valence-corrected chi connectivity index (χ3v) is 3.71. The van der Waals surface area contributed by atoms with Gasteiger partial charge in [-0.1, -0.05) is 0 Å². The molecule has 2 heterocycles. The van der Waals surface area contributed by atoms with Crippen molar-refractivity contribution in [1.29, 1.82) is 0 Å². The number of likely N-dealkylation sites (tertiary alicyclic amines) is 1. The molecule has 6 heteroatoms. The first-order chi connectivity index (χ1) is 9.08. The Morgan fingerprint density at radius 3 is 2.63 bits per heavy atom. The second-order valence-electron chi connectivity index (χ2n) is 5.01. The molecule has 1 aromatic heterocycles. The summed E-state index contributed by atoms with van der Waals surface area (Å²) in [6.45, 7) is 1.41. The molecule has 2 rings (SSSR count). The first kappa shape index (κ1) is 13.6. The molecule has 1 amide bonds. The lowest BCUT2D eigenvalue weighted by atomic mass is 9.92. The number of hydrogen-bond acceptors (Lipinski definition) is 3. The number of rotatable bonds is 4. The van der Waals surface area contributed by atoms with Gasteiger partial charge in [-0.15, -0.1) is 0 Å². The summed E-state index contributed by atoms with van der Waals surface area (Å²) >= 11 is 0. The zero-order valence-corrected chi connectivity index (χ0v) is 11.1. The van der Waals surface area contributed by atoms with Gasteiger partial charge in [0.1, 0.15) is 5.69 Å². The van der Waals surface area contributed by atoms with Gasteiger partial charge < -0.3 is 10.0 Å². The van der Waals surface area contributed by atoms with E-state index in [0.717, 1.165) is 12.8 Å². The van der Waals surface area contributed by atoms with E-state index in [4.69, 9.17) is 5.11 Å². The number of carbonyl (C=O) groups is 2. The Kier molecular flexibility index (Phi) is 4.19. The van der Waals surface area contributed by atoms with Gasteiger partial charge in [0.05, 0.1) is 0 Å². The van der Waals surface area contributed by atoms with Gasteiger partial charge in [0.2, 0.25) is 0 Å². The minimum Gasteiger partial charge on any atom is -0.481 e. The third-order valence-electron chi connectivity index (χ3n) is 3.71. The van der Waals surface area contributed by atoms with E-state index in [0.29, 0.717) is 31.1 Å². The van der Waals surface area contributed by atoms with Crippen LogP contribution in [0.15, 0.2) is 12.3 Å². The molecule has 1 fully saturated rings. The molecule has 0 bridgehead atoms. The number of amides is 1. The Hall–Kier alpha value is -1.85. The summed E-state index contributed by atoms with van der Waals surface area (Å²) in [6, 6.07) is 1.72. The summed E-state index contributed by atoms with van der Waals surface area (Å²) in [4.78, 5) is 24.6. The van der Waals surface area contributed by atoms with E-state index >= 15 is 0 Å². The van der Waals surface area contributed by atoms with Gasteiger partial charge in [0, 0.05) is 32.8 Å². The molecule has 1 saturated heterocycles. The quantitative estimate of drug-likeness (QED) is 0.885. The monoisotopic (exact) mass is 265 g/mol. The van der Waals surface area contributed by atoms with Crippen LogP contribution in [0.4, 0.5) is 0 Å². The van der Waals surface area contributed by atoms with E-state index in [-0.39, 0.29) is 12.3 Å². The summed E-state index contributed by atoms with van der Waals surface area (Å²) in [5.74, 6) is -0.309. The molecule has 0 aromatic carbocycles. The van der Waals surface area contributed by atoms with E-state index in [2.05, 4.69) is 5.10 Å². The van der Waals surface area contributed by atoms with E-state index in [1.807, 2.05) is 4.90 Å². The van der Waals surface area contributed by atoms with Crippen LogP contribution in [0.5, 0.6) is 0 Å². The van der Waals surface area contributed by atoms with Crippen LogP contribution in [0.25, 0.3) is 0 Å². The minimum absolute atomic E-state index is 0.0108. The molecule has 1 aromatic rings. The summed E-state index contributed by atoms with van der Waals surface area (Å²) < 4.78 is 1.58. The predicted octanol–water partition coefficient (Wildman–Crippen LogP) is 1.14. The van der Waals surface area contributed by atoms with Crippen molar-refractivity contribution in [2.75, 3.05) is 13.1 Å². The number of carboxylic acid groups (broad SMARTS) is 1. The van der Waals surface area contributed by atoms with Crippen molar-refractivity contribution in [1.82, 2.24) is 14.7 Å². The van der Waals surface area contributed by atoms with Crippen LogP contribution < -0.4 is 0 Å². The molecule has 0 aliphatic carbocycles. The van der Waals surface area contributed by atoms with Gasteiger partial charge in [-0.25, -0.2) is 0 Å². The maximum Gasteiger partial charge on any atom is 0.303 e. The fraction of sp³-hybridized carbons (Fsp3) is 0.615. The standard InChI is InChI=1S/C13H19N3O3/c1-15-11(4-7-14-15)13(19)16-8-5-10(6-9-16)2-3-12(17)18/h4,7,10H,2-3,5-6,8-9H2,1H3,(H,17,18). The first-order valence-corrected chi connectivity index (χ1v) is 6.57. The number of aromatic nitrogens is 2. The highest BCUT2D eigenvalue weighted by Gasteiger charge is 2.25. The van der Waals surface area contributed by atoms with Crippen molar-refractivity contribution in [2.45, 2.75) is 25.7 Å². The van der Waals surface area contributed by atoms with Crippen LogP contribution in [0.1, 0.15) is 36.2 Å². The van der Waals surface area contributed by atoms with Crippen LogP contribution >= 0.6 is 0 Å². The van der Waals surface area contributed by atoms with Gasteiger partial charge in [0.25, 0.3) is 5.91 Å². The summed E-state index contributed by atoms with van der Waals surface area (Å²) in [7, 11) is 1.76. The number of piperidine rings is 1. The predicted molar refractivity (Wildman–Crippen MR) is 68.7 cm³/mol. The fourth-order valence-corrected chi connectivity index (χ4v) is 2.50. The molecule has 19 heavy (non-hydrogen) atoms. The molecule has 1 aliphatic rings. The Morgan fingerprint density at radius 1 is 1.42 bits per heavy atom. The van der Waals surface area contributed by atoms with Crippen molar-refractivity contribution < 1.29 is 14.7 Å². The molecule has 6 nitrogen and oxygen atoms in total.